The molecule has 1 atom stereocenters. The number of rotatable bonds is 17. The highest BCUT2D eigenvalue weighted by molar-refractivity contribution is 7.46. The van der Waals surface area contributed by atoms with Gasteiger partial charge >= 0.3 is 7.82 Å². The van der Waals surface area contributed by atoms with E-state index in [9.17, 15) is 4.57 Å². The fourth-order valence-corrected chi connectivity index (χ4v) is 4.69. The van der Waals surface area contributed by atoms with Gasteiger partial charge in [-0.15, -0.1) is 0 Å². The summed E-state index contributed by atoms with van der Waals surface area (Å²) in [6.07, 6.45) is 0. The van der Waals surface area contributed by atoms with Gasteiger partial charge in [0.15, 0.2) is 0 Å². The lowest BCUT2D eigenvalue weighted by molar-refractivity contribution is 0.100. The Kier molecular flexibility index (Phi) is 12.9. The van der Waals surface area contributed by atoms with Crippen molar-refractivity contribution in [1.82, 2.24) is 14.7 Å². The molecule has 2 aromatic rings. The third-order valence-corrected chi connectivity index (χ3v) is 7.03. The van der Waals surface area contributed by atoms with Crippen LogP contribution in [0.2, 0.25) is 0 Å². The summed E-state index contributed by atoms with van der Waals surface area (Å²) < 4.78 is 21.9. The first kappa shape index (κ1) is 30.3. The number of hydrogen-bond donors (Lipinski definition) is 2. The van der Waals surface area contributed by atoms with Crippen LogP contribution in [0.15, 0.2) is 48.5 Å². The molecule has 0 unspecified atom stereocenters. The molecule has 2 rings (SSSR count). The first-order valence-electron chi connectivity index (χ1n) is 13.0. The molecule has 2 N–H and O–H groups in total. The number of phosphoric acid groups is 1. The van der Waals surface area contributed by atoms with Gasteiger partial charge in [0.2, 0.25) is 0 Å². The highest BCUT2D eigenvalue weighted by atomic mass is 31.2. The molecule has 2 aromatic carbocycles. The molecule has 0 aliphatic rings. The minimum absolute atomic E-state index is 0.132. The van der Waals surface area contributed by atoms with Gasteiger partial charge in [-0.25, -0.2) is 4.57 Å². The predicted octanol–water partition coefficient (Wildman–Crippen LogP) is 4.58. The van der Waals surface area contributed by atoms with Gasteiger partial charge in [-0.3, -0.25) is 14.7 Å². The molecule has 8 nitrogen and oxygen atoms in total. The van der Waals surface area contributed by atoms with Crippen LogP contribution in [0.25, 0.3) is 11.1 Å². The van der Waals surface area contributed by atoms with Crippen LogP contribution >= 0.6 is 7.82 Å². The van der Waals surface area contributed by atoms with Crippen molar-refractivity contribution in [3.8, 4) is 22.6 Å². The summed E-state index contributed by atoms with van der Waals surface area (Å²) in [5.74, 6) is 0.955. The maximum absolute atomic E-state index is 11.0. The van der Waals surface area contributed by atoms with E-state index in [0.29, 0.717) is 12.6 Å². The van der Waals surface area contributed by atoms with E-state index in [2.05, 4.69) is 53.8 Å². The lowest BCUT2D eigenvalue weighted by Crippen LogP contribution is -2.48. The van der Waals surface area contributed by atoms with Crippen molar-refractivity contribution in [2.24, 2.45) is 0 Å². The molecular formula is C27H44N3O5P. The Hall–Kier alpha value is -1.93. The van der Waals surface area contributed by atoms with Crippen molar-refractivity contribution in [2.75, 3.05) is 59.0 Å². The number of likely N-dealkylation sites (N-methyl/N-ethyl adjacent to an activating group) is 3. The fourth-order valence-electron chi connectivity index (χ4n) is 4.29. The number of nitrogens with zero attached hydrogens (tertiary/aromatic N) is 3. The monoisotopic (exact) mass is 521 g/mol. The summed E-state index contributed by atoms with van der Waals surface area (Å²) in [6, 6.07) is 14.9. The predicted molar refractivity (Wildman–Crippen MR) is 147 cm³/mol. The van der Waals surface area contributed by atoms with E-state index in [1.54, 1.807) is 24.3 Å². The fraction of sp³-hybridized carbons (Fsp3) is 0.556. The zero-order valence-corrected chi connectivity index (χ0v) is 23.4. The van der Waals surface area contributed by atoms with E-state index in [0.717, 1.165) is 69.2 Å². The molecule has 0 spiro atoms. The lowest BCUT2D eigenvalue weighted by atomic mass is 10.1. The van der Waals surface area contributed by atoms with Crippen LogP contribution in [-0.2, 0) is 4.57 Å². The summed E-state index contributed by atoms with van der Waals surface area (Å²) in [4.78, 5) is 25.3. The van der Waals surface area contributed by atoms with Crippen molar-refractivity contribution in [1.29, 1.82) is 0 Å². The highest BCUT2D eigenvalue weighted by Crippen LogP contribution is 2.38. The number of benzene rings is 2. The average Bonchev–Trinajstić information content (AvgIpc) is 2.87. The Morgan fingerprint density at radius 2 is 1.19 bits per heavy atom. The molecule has 0 saturated heterocycles. The molecular weight excluding hydrogens is 477 g/mol. The number of hydrogen-bond acceptors (Lipinski definition) is 6. The Labute approximate surface area is 217 Å². The first-order chi connectivity index (χ1) is 17.2. The van der Waals surface area contributed by atoms with Gasteiger partial charge in [-0.1, -0.05) is 58.9 Å². The van der Waals surface area contributed by atoms with Gasteiger partial charge in [-0.05, 0) is 68.1 Å². The maximum atomic E-state index is 11.0. The third kappa shape index (κ3) is 10.2. The number of ether oxygens (including phenoxy) is 1. The Morgan fingerprint density at radius 3 is 1.64 bits per heavy atom. The van der Waals surface area contributed by atoms with Gasteiger partial charge < -0.3 is 19.1 Å². The molecule has 0 radical (unpaired) electrons. The van der Waals surface area contributed by atoms with Crippen molar-refractivity contribution < 1.29 is 23.6 Å². The van der Waals surface area contributed by atoms with E-state index in [4.69, 9.17) is 14.5 Å². The quantitative estimate of drug-likeness (QED) is 0.293. The topological polar surface area (TPSA) is 85.7 Å². The van der Waals surface area contributed by atoms with E-state index in [1.807, 2.05) is 24.3 Å². The normalized spacial score (nSPS) is 12.9. The zero-order chi connectivity index (χ0) is 26.6. The molecule has 0 bridgehead atoms. The minimum atomic E-state index is -4.56. The zero-order valence-electron chi connectivity index (χ0n) is 22.5. The summed E-state index contributed by atoms with van der Waals surface area (Å²) >= 11 is 0. The molecule has 0 aliphatic heterocycles. The molecule has 202 valence electrons. The van der Waals surface area contributed by atoms with Crippen molar-refractivity contribution >= 4 is 7.82 Å². The Morgan fingerprint density at radius 1 is 0.722 bits per heavy atom. The first-order valence-corrected chi connectivity index (χ1v) is 14.5. The Bertz CT molecular complexity index is 912. The molecule has 0 heterocycles. The second-order valence-electron chi connectivity index (χ2n) is 8.74. The molecule has 0 saturated carbocycles. The summed E-state index contributed by atoms with van der Waals surface area (Å²) in [7, 11) is -4.56. The van der Waals surface area contributed by atoms with Crippen LogP contribution in [0.4, 0.5) is 0 Å². The summed E-state index contributed by atoms with van der Waals surface area (Å²) in [6.45, 7) is 20.0. The smallest absolute Gasteiger partial charge is 0.492 e. The van der Waals surface area contributed by atoms with Gasteiger partial charge in [0.25, 0.3) is 0 Å². The molecule has 36 heavy (non-hydrogen) atoms. The van der Waals surface area contributed by atoms with Crippen LogP contribution < -0.4 is 9.26 Å². The van der Waals surface area contributed by atoms with Crippen LogP contribution in [0, 0.1) is 0 Å². The largest absolute Gasteiger partial charge is 0.524 e. The molecule has 0 fully saturated rings. The number of phosphoric ester groups is 1. The van der Waals surface area contributed by atoms with Crippen molar-refractivity contribution in [3.63, 3.8) is 0 Å². The molecule has 0 amide bonds. The van der Waals surface area contributed by atoms with E-state index in [1.165, 1.54) is 0 Å². The van der Waals surface area contributed by atoms with E-state index in [-0.39, 0.29) is 5.75 Å². The van der Waals surface area contributed by atoms with Crippen LogP contribution in [0.3, 0.4) is 0 Å². The Balaban J connectivity index is 2.01. The third-order valence-electron chi connectivity index (χ3n) is 6.58. The second kappa shape index (κ2) is 15.4. The summed E-state index contributed by atoms with van der Waals surface area (Å²) in [5.41, 5.74) is 1.91. The van der Waals surface area contributed by atoms with Crippen molar-refractivity contribution in [3.05, 3.63) is 48.5 Å². The molecule has 0 aliphatic carbocycles. The van der Waals surface area contributed by atoms with Crippen LogP contribution in [-0.4, -0.2) is 89.5 Å². The van der Waals surface area contributed by atoms with Crippen LogP contribution in [0.1, 0.15) is 34.6 Å². The van der Waals surface area contributed by atoms with E-state index < -0.39 is 7.82 Å². The molecule has 0 aromatic heterocycles. The van der Waals surface area contributed by atoms with E-state index >= 15 is 0 Å². The lowest BCUT2D eigenvalue weighted by Gasteiger charge is -2.34. The van der Waals surface area contributed by atoms with Crippen molar-refractivity contribution in [2.45, 2.75) is 40.7 Å². The molecule has 9 heteroatoms. The summed E-state index contributed by atoms with van der Waals surface area (Å²) in [5, 5.41) is 0. The minimum Gasteiger partial charge on any atom is -0.492 e. The SMILES string of the molecule is CCN(CC)CCN(CC)C[C@H](COc1ccc(-c2ccc(OP(=O)(O)O)cc2)cc1)N(CC)CC. The average molecular weight is 522 g/mol. The van der Waals surface area contributed by atoms with Crippen LogP contribution in [0.5, 0.6) is 11.5 Å². The van der Waals surface area contributed by atoms with Gasteiger partial charge in [0, 0.05) is 19.6 Å². The maximum Gasteiger partial charge on any atom is 0.524 e. The second-order valence-corrected chi connectivity index (χ2v) is 9.90. The van der Waals surface area contributed by atoms with Gasteiger partial charge in [-0.2, -0.15) is 0 Å². The van der Waals surface area contributed by atoms with Gasteiger partial charge in [0.05, 0.1) is 6.04 Å². The standard InChI is InChI=1S/C27H44N3O5P/c1-6-28(7-2)19-20-29(8-3)21-25(30(9-4)10-5)22-34-26-15-11-23(12-16-26)24-13-17-27(18-14-24)35-36(31,32)33/h11-18,25H,6-10,19-22H2,1-5H3,(H2,31,32,33)/t25-/m1/s1. The highest BCUT2D eigenvalue weighted by Gasteiger charge is 2.20. The van der Waals surface area contributed by atoms with Gasteiger partial charge in [0.1, 0.15) is 18.1 Å².